The van der Waals surface area contributed by atoms with Crippen molar-refractivity contribution in [1.82, 2.24) is 0 Å². The van der Waals surface area contributed by atoms with Crippen LogP contribution in [0.25, 0.3) is 0 Å². The molecule has 0 aliphatic rings. The molecule has 2 N–H and O–H groups in total. The minimum Gasteiger partial charge on any atom is -0.330 e. The first-order valence-electron chi connectivity index (χ1n) is 5.25. The van der Waals surface area contributed by atoms with Gasteiger partial charge in [0.15, 0.2) is 0 Å². The van der Waals surface area contributed by atoms with E-state index in [0.717, 1.165) is 12.0 Å². The lowest BCUT2D eigenvalue weighted by atomic mass is 9.85. The van der Waals surface area contributed by atoms with Gasteiger partial charge in [-0.05, 0) is 30.2 Å². The summed E-state index contributed by atoms with van der Waals surface area (Å²) in [6.45, 7) is 4.79. The van der Waals surface area contributed by atoms with Gasteiger partial charge in [-0.1, -0.05) is 37.9 Å². The standard InChI is InChI=1S/C12H17ClFN/c1-3-8(2)11(7-15)10-5-4-9(14)6-12(10)13/h4-6,8,11H,3,7,15H2,1-2H3. The van der Waals surface area contributed by atoms with Gasteiger partial charge in [-0.3, -0.25) is 0 Å². The van der Waals surface area contributed by atoms with Gasteiger partial charge in [0.25, 0.3) is 0 Å². The zero-order valence-corrected chi connectivity index (χ0v) is 9.89. The number of halogens is 2. The Labute approximate surface area is 95.4 Å². The largest absolute Gasteiger partial charge is 0.330 e. The summed E-state index contributed by atoms with van der Waals surface area (Å²) >= 11 is 6.01. The average Bonchev–Trinajstić information content (AvgIpc) is 2.21. The lowest BCUT2D eigenvalue weighted by Gasteiger charge is -2.22. The molecule has 0 spiro atoms. The van der Waals surface area contributed by atoms with Crippen molar-refractivity contribution in [3.05, 3.63) is 34.6 Å². The van der Waals surface area contributed by atoms with Gasteiger partial charge in [0.1, 0.15) is 5.82 Å². The molecule has 15 heavy (non-hydrogen) atoms. The molecular formula is C12H17ClFN. The van der Waals surface area contributed by atoms with E-state index < -0.39 is 0 Å². The maximum Gasteiger partial charge on any atom is 0.124 e. The summed E-state index contributed by atoms with van der Waals surface area (Å²) in [4.78, 5) is 0. The molecule has 1 aromatic rings. The third-order valence-electron chi connectivity index (χ3n) is 2.95. The summed E-state index contributed by atoms with van der Waals surface area (Å²) in [7, 11) is 0. The second-order valence-corrected chi connectivity index (χ2v) is 4.30. The molecule has 0 bridgehead atoms. The van der Waals surface area contributed by atoms with Crippen LogP contribution in [0.15, 0.2) is 18.2 Å². The van der Waals surface area contributed by atoms with Crippen LogP contribution in [0.3, 0.4) is 0 Å². The van der Waals surface area contributed by atoms with Gasteiger partial charge in [-0.2, -0.15) is 0 Å². The monoisotopic (exact) mass is 229 g/mol. The van der Waals surface area contributed by atoms with Crippen molar-refractivity contribution in [2.45, 2.75) is 26.2 Å². The Hall–Kier alpha value is -0.600. The first-order valence-corrected chi connectivity index (χ1v) is 5.63. The summed E-state index contributed by atoms with van der Waals surface area (Å²) in [5.41, 5.74) is 6.69. The van der Waals surface area contributed by atoms with Crippen molar-refractivity contribution in [2.24, 2.45) is 11.7 Å². The third kappa shape index (κ3) is 2.93. The first-order chi connectivity index (χ1) is 7.10. The van der Waals surface area contributed by atoms with Crippen molar-refractivity contribution >= 4 is 11.6 Å². The summed E-state index contributed by atoms with van der Waals surface area (Å²) in [5.74, 6) is 0.365. The Morgan fingerprint density at radius 2 is 2.13 bits per heavy atom. The zero-order valence-electron chi connectivity index (χ0n) is 9.13. The van der Waals surface area contributed by atoms with Gasteiger partial charge in [0.2, 0.25) is 0 Å². The van der Waals surface area contributed by atoms with E-state index in [1.54, 1.807) is 6.07 Å². The Morgan fingerprint density at radius 3 is 2.60 bits per heavy atom. The molecule has 0 saturated heterocycles. The second kappa shape index (κ2) is 5.47. The molecular weight excluding hydrogens is 213 g/mol. The SMILES string of the molecule is CCC(C)C(CN)c1ccc(F)cc1Cl. The first kappa shape index (κ1) is 12.5. The van der Waals surface area contributed by atoms with E-state index >= 15 is 0 Å². The van der Waals surface area contributed by atoms with E-state index in [9.17, 15) is 4.39 Å². The van der Waals surface area contributed by atoms with E-state index in [-0.39, 0.29) is 11.7 Å². The second-order valence-electron chi connectivity index (χ2n) is 3.89. The summed E-state index contributed by atoms with van der Waals surface area (Å²) in [5, 5.41) is 0.478. The highest BCUT2D eigenvalue weighted by atomic mass is 35.5. The number of nitrogens with two attached hydrogens (primary N) is 1. The highest BCUT2D eigenvalue weighted by Gasteiger charge is 2.19. The lowest BCUT2D eigenvalue weighted by Crippen LogP contribution is -2.19. The summed E-state index contributed by atoms with van der Waals surface area (Å²) in [6.07, 6.45) is 1.04. The average molecular weight is 230 g/mol. The molecule has 0 saturated carbocycles. The molecule has 1 nitrogen and oxygen atoms in total. The van der Waals surface area contributed by atoms with Gasteiger partial charge in [0.05, 0.1) is 0 Å². The van der Waals surface area contributed by atoms with Crippen molar-refractivity contribution in [1.29, 1.82) is 0 Å². The maximum absolute atomic E-state index is 12.9. The fourth-order valence-corrected chi connectivity index (χ4v) is 2.06. The van der Waals surface area contributed by atoms with Crippen LogP contribution in [0, 0.1) is 11.7 Å². The highest BCUT2D eigenvalue weighted by molar-refractivity contribution is 6.31. The normalized spacial score (nSPS) is 15.0. The van der Waals surface area contributed by atoms with Crippen LogP contribution in [0.2, 0.25) is 5.02 Å². The predicted molar refractivity (Wildman–Crippen MR) is 62.7 cm³/mol. The van der Waals surface area contributed by atoms with Gasteiger partial charge < -0.3 is 5.73 Å². The van der Waals surface area contributed by atoms with Crippen molar-refractivity contribution < 1.29 is 4.39 Å². The van der Waals surface area contributed by atoms with Crippen molar-refractivity contribution in [2.75, 3.05) is 6.54 Å². The van der Waals surface area contributed by atoms with Crippen LogP contribution in [0.4, 0.5) is 4.39 Å². The predicted octanol–water partition coefficient (Wildman–Crippen LogP) is 3.57. The molecule has 0 aliphatic heterocycles. The van der Waals surface area contributed by atoms with Crippen LogP contribution in [-0.2, 0) is 0 Å². The molecule has 2 unspecified atom stereocenters. The van der Waals surface area contributed by atoms with Crippen LogP contribution in [0.1, 0.15) is 31.7 Å². The van der Waals surface area contributed by atoms with Crippen LogP contribution in [-0.4, -0.2) is 6.54 Å². The number of rotatable bonds is 4. The fraction of sp³-hybridized carbons (Fsp3) is 0.500. The van der Waals surface area contributed by atoms with E-state index in [0.29, 0.717) is 17.5 Å². The smallest absolute Gasteiger partial charge is 0.124 e. The fourth-order valence-electron chi connectivity index (χ4n) is 1.75. The molecule has 0 radical (unpaired) electrons. The highest BCUT2D eigenvalue weighted by Crippen LogP contribution is 2.31. The molecule has 2 atom stereocenters. The Morgan fingerprint density at radius 1 is 1.47 bits per heavy atom. The van der Waals surface area contributed by atoms with Gasteiger partial charge >= 0.3 is 0 Å². The van der Waals surface area contributed by atoms with Crippen molar-refractivity contribution in [3.63, 3.8) is 0 Å². The van der Waals surface area contributed by atoms with E-state index in [4.69, 9.17) is 17.3 Å². The molecule has 0 fully saturated rings. The molecule has 0 amide bonds. The number of hydrogen-bond acceptors (Lipinski definition) is 1. The molecule has 0 aromatic heterocycles. The maximum atomic E-state index is 12.9. The van der Waals surface area contributed by atoms with Gasteiger partial charge in [0, 0.05) is 10.9 Å². The van der Waals surface area contributed by atoms with Crippen LogP contribution >= 0.6 is 11.6 Å². The quantitative estimate of drug-likeness (QED) is 0.840. The van der Waals surface area contributed by atoms with Crippen LogP contribution < -0.4 is 5.73 Å². The molecule has 84 valence electrons. The van der Waals surface area contributed by atoms with Gasteiger partial charge in [-0.15, -0.1) is 0 Å². The zero-order chi connectivity index (χ0) is 11.4. The Bertz CT molecular complexity index is 327. The lowest BCUT2D eigenvalue weighted by molar-refractivity contribution is 0.451. The van der Waals surface area contributed by atoms with Gasteiger partial charge in [-0.25, -0.2) is 4.39 Å². The van der Waals surface area contributed by atoms with Crippen LogP contribution in [0.5, 0.6) is 0 Å². The molecule has 0 aliphatic carbocycles. The summed E-state index contributed by atoms with van der Waals surface area (Å²) in [6, 6.07) is 4.52. The molecule has 3 heteroatoms. The minimum absolute atomic E-state index is 0.211. The Balaban J connectivity index is 3.01. The molecule has 1 aromatic carbocycles. The molecule has 0 heterocycles. The Kier molecular flexibility index (Phi) is 4.55. The van der Waals surface area contributed by atoms with Crippen molar-refractivity contribution in [3.8, 4) is 0 Å². The topological polar surface area (TPSA) is 26.0 Å². The number of hydrogen-bond donors (Lipinski definition) is 1. The van der Waals surface area contributed by atoms with E-state index in [1.165, 1.54) is 12.1 Å². The molecule has 1 rings (SSSR count). The number of benzene rings is 1. The van der Waals surface area contributed by atoms with E-state index in [2.05, 4.69) is 13.8 Å². The minimum atomic E-state index is -0.302. The summed E-state index contributed by atoms with van der Waals surface area (Å²) < 4.78 is 12.9. The van der Waals surface area contributed by atoms with E-state index in [1.807, 2.05) is 0 Å². The third-order valence-corrected chi connectivity index (χ3v) is 3.27.